The molecule has 3 nitrogen and oxygen atoms in total. The molecule has 0 heterocycles. The Morgan fingerprint density at radius 1 is 1.35 bits per heavy atom. The maximum absolute atomic E-state index is 12.2. The molecule has 1 aromatic rings. The third-order valence-corrected chi connectivity index (χ3v) is 4.37. The summed E-state index contributed by atoms with van der Waals surface area (Å²) in [5.74, 6) is 0.939. The number of hydrogen-bond donors (Lipinski definition) is 2. The summed E-state index contributed by atoms with van der Waals surface area (Å²) in [4.78, 5) is 12.2. The minimum absolute atomic E-state index is 0.193. The van der Waals surface area contributed by atoms with E-state index in [2.05, 4.69) is 19.2 Å². The molecule has 1 saturated carbocycles. The molecule has 4 atom stereocenters. The van der Waals surface area contributed by atoms with Crippen molar-refractivity contribution >= 4 is 5.91 Å². The lowest BCUT2D eigenvalue weighted by Gasteiger charge is -2.33. The topological polar surface area (TPSA) is 49.3 Å². The second-order valence-electron chi connectivity index (χ2n) is 6.33. The first-order chi connectivity index (χ1) is 9.47. The predicted octanol–water partition coefficient (Wildman–Crippen LogP) is 2.97. The van der Waals surface area contributed by atoms with Crippen LogP contribution in [-0.4, -0.2) is 17.1 Å². The van der Waals surface area contributed by atoms with Crippen molar-refractivity contribution in [3.8, 4) is 0 Å². The number of carbonyl (C=O) groups excluding carboxylic acids is 1. The van der Waals surface area contributed by atoms with Gasteiger partial charge < -0.3 is 10.4 Å². The van der Waals surface area contributed by atoms with Gasteiger partial charge in [0.2, 0.25) is 0 Å². The fourth-order valence-corrected chi connectivity index (χ4v) is 3.13. The molecular weight excluding hydrogens is 250 g/mol. The van der Waals surface area contributed by atoms with Crippen LogP contribution >= 0.6 is 0 Å². The average Bonchev–Trinajstić information content (AvgIpc) is 2.41. The lowest BCUT2D eigenvalue weighted by atomic mass is 9.80. The Hall–Kier alpha value is -1.35. The highest BCUT2D eigenvalue weighted by atomic mass is 16.3. The first-order valence-corrected chi connectivity index (χ1v) is 7.52. The summed E-state index contributed by atoms with van der Waals surface area (Å²) in [5, 5.41) is 13.2. The predicted molar refractivity (Wildman–Crippen MR) is 80.2 cm³/mol. The Bertz CT molecular complexity index is 472. The highest BCUT2D eigenvalue weighted by Crippen LogP contribution is 2.29. The number of aliphatic hydroxyl groups excluding tert-OH is 1. The molecule has 3 heteroatoms. The Kier molecular flexibility index (Phi) is 4.81. The average molecular weight is 275 g/mol. The largest absolute Gasteiger partial charge is 0.378 e. The van der Waals surface area contributed by atoms with E-state index in [1.165, 1.54) is 0 Å². The number of aryl methyl sites for hydroxylation is 1. The van der Waals surface area contributed by atoms with Crippen molar-refractivity contribution in [1.82, 2.24) is 5.32 Å². The second kappa shape index (κ2) is 6.40. The van der Waals surface area contributed by atoms with Gasteiger partial charge in [0.15, 0.2) is 6.10 Å². The Morgan fingerprint density at radius 3 is 2.75 bits per heavy atom. The minimum atomic E-state index is -1.07. The third kappa shape index (κ3) is 3.60. The third-order valence-electron chi connectivity index (χ3n) is 4.37. The minimum Gasteiger partial charge on any atom is -0.378 e. The van der Waals surface area contributed by atoms with Crippen molar-refractivity contribution in [3.63, 3.8) is 0 Å². The van der Waals surface area contributed by atoms with Gasteiger partial charge in [-0.2, -0.15) is 0 Å². The van der Waals surface area contributed by atoms with Gasteiger partial charge in [-0.1, -0.05) is 43.7 Å². The van der Waals surface area contributed by atoms with Gasteiger partial charge in [-0.25, -0.2) is 0 Å². The molecule has 0 bridgehead atoms. The molecule has 0 radical (unpaired) electrons. The van der Waals surface area contributed by atoms with E-state index in [4.69, 9.17) is 0 Å². The molecule has 1 aliphatic rings. The van der Waals surface area contributed by atoms with Crippen LogP contribution in [0, 0.1) is 18.8 Å². The summed E-state index contributed by atoms with van der Waals surface area (Å²) in [6, 6.07) is 7.67. The van der Waals surface area contributed by atoms with Gasteiger partial charge >= 0.3 is 0 Å². The van der Waals surface area contributed by atoms with E-state index >= 15 is 0 Å². The standard InChI is InChI=1S/C17H25NO2/c1-11-5-4-6-14(10-11)16(19)17(20)18-15-8-7-12(2)9-13(15)3/h4-6,10,12-13,15-16,19H,7-9H2,1-3H3,(H,18,20). The van der Waals surface area contributed by atoms with Gasteiger partial charge in [0.25, 0.3) is 5.91 Å². The molecular formula is C17H25NO2. The number of carbonyl (C=O) groups is 1. The van der Waals surface area contributed by atoms with Crippen molar-refractivity contribution in [2.24, 2.45) is 11.8 Å². The second-order valence-corrected chi connectivity index (χ2v) is 6.33. The molecule has 1 aliphatic carbocycles. The van der Waals surface area contributed by atoms with Crippen LogP contribution in [0.5, 0.6) is 0 Å². The van der Waals surface area contributed by atoms with Crippen LogP contribution in [-0.2, 0) is 4.79 Å². The summed E-state index contributed by atoms with van der Waals surface area (Å²) in [7, 11) is 0. The van der Waals surface area contributed by atoms with Crippen LogP contribution in [0.2, 0.25) is 0 Å². The van der Waals surface area contributed by atoms with E-state index in [-0.39, 0.29) is 11.9 Å². The molecule has 1 fully saturated rings. The quantitative estimate of drug-likeness (QED) is 0.891. The molecule has 1 amide bonds. The summed E-state index contributed by atoms with van der Waals surface area (Å²) < 4.78 is 0. The number of hydrogen-bond acceptors (Lipinski definition) is 2. The maximum atomic E-state index is 12.2. The molecule has 0 saturated heterocycles. The summed E-state index contributed by atoms with van der Waals surface area (Å²) >= 11 is 0. The van der Waals surface area contributed by atoms with Crippen LogP contribution in [0.25, 0.3) is 0 Å². The summed E-state index contributed by atoms with van der Waals surface area (Å²) in [6.07, 6.45) is 2.23. The normalized spacial score (nSPS) is 27.9. The smallest absolute Gasteiger partial charge is 0.253 e. The zero-order valence-corrected chi connectivity index (χ0v) is 12.6. The highest BCUT2D eigenvalue weighted by Gasteiger charge is 2.28. The fraction of sp³-hybridized carbons (Fsp3) is 0.588. The maximum Gasteiger partial charge on any atom is 0.253 e. The van der Waals surface area contributed by atoms with Crippen molar-refractivity contribution in [3.05, 3.63) is 35.4 Å². The van der Waals surface area contributed by atoms with E-state index < -0.39 is 6.10 Å². The number of rotatable bonds is 3. The molecule has 20 heavy (non-hydrogen) atoms. The molecule has 110 valence electrons. The molecule has 0 spiro atoms. The summed E-state index contributed by atoms with van der Waals surface area (Å²) in [5.41, 5.74) is 1.72. The van der Waals surface area contributed by atoms with Gasteiger partial charge in [0.1, 0.15) is 0 Å². The number of amides is 1. The Morgan fingerprint density at radius 2 is 2.10 bits per heavy atom. The Labute approximate surface area is 121 Å². The van der Waals surface area contributed by atoms with E-state index in [0.717, 1.165) is 30.7 Å². The van der Waals surface area contributed by atoms with Crippen LogP contribution in [0.4, 0.5) is 0 Å². The Balaban J connectivity index is 1.97. The van der Waals surface area contributed by atoms with Crippen molar-refractivity contribution < 1.29 is 9.90 Å². The molecule has 4 unspecified atom stereocenters. The molecule has 2 N–H and O–H groups in total. The summed E-state index contributed by atoms with van der Waals surface area (Å²) in [6.45, 7) is 6.40. The lowest BCUT2D eigenvalue weighted by molar-refractivity contribution is -0.131. The van der Waals surface area contributed by atoms with Gasteiger partial charge in [0.05, 0.1) is 0 Å². The zero-order chi connectivity index (χ0) is 14.7. The van der Waals surface area contributed by atoms with Crippen LogP contribution < -0.4 is 5.32 Å². The first-order valence-electron chi connectivity index (χ1n) is 7.52. The van der Waals surface area contributed by atoms with Crippen molar-refractivity contribution in [2.75, 3.05) is 0 Å². The molecule has 0 aliphatic heterocycles. The molecule has 2 rings (SSSR count). The van der Waals surface area contributed by atoms with Crippen LogP contribution in [0.15, 0.2) is 24.3 Å². The lowest BCUT2D eigenvalue weighted by Crippen LogP contribution is -2.44. The fourth-order valence-electron chi connectivity index (χ4n) is 3.13. The van der Waals surface area contributed by atoms with Gasteiger partial charge in [-0.3, -0.25) is 4.79 Å². The van der Waals surface area contributed by atoms with E-state index in [1.54, 1.807) is 6.07 Å². The number of benzene rings is 1. The molecule has 0 aromatic heterocycles. The van der Waals surface area contributed by atoms with Gasteiger partial charge in [-0.15, -0.1) is 0 Å². The SMILES string of the molecule is Cc1cccc(C(O)C(=O)NC2CCC(C)CC2C)c1. The highest BCUT2D eigenvalue weighted by molar-refractivity contribution is 5.82. The van der Waals surface area contributed by atoms with Gasteiger partial charge in [0, 0.05) is 6.04 Å². The van der Waals surface area contributed by atoms with E-state index in [9.17, 15) is 9.90 Å². The van der Waals surface area contributed by atoms with Crippen LogP contribution in [0.3, 0.4) is 0 Å². The van der Waals surface area contributed by atoms with Crippen LogP contribution in [0.1, 0.15) is 50.3 Å². The monoisotopic (exact) mass is 275 g/mol. The van der Waals surface area contributed by atoms with E-state index in [1.807, 2.05) is 25.1 Å². The first kappa shape index (κ1) is 15.0. The number of aliphatic hydroxyl groups is 1. The van der Waals surface area contributed by atoms with Crippen molar-refractivity contribution in [1.29, 1.82) is 0 Å². The van der Waals surface area contributed by atoms with Crippen molar-refractivity contribution in [2.45, 2.75) is 52.2 Å². The molecule has 1 aromatic carbocycles. The number of nitrogens with one attached hydrogen (secondary N) is 1. The zero-order valence-electron chi connectivity index (χ0n) is 12.6. The van der Waals surface area contributed by atoms with Gasteiger partial charge in [-0.05, 0) is 43.6 Å². The van der Waals surface area contributed by atoms with E-state index in [0.29, 0.717) is 11.5 Å².